The summed E-state index contributed by atoms with van der Waals surface area (Å²) in [5.74, 6) is 0. The molecule has 0 amide bonds. The minimum absolute atomic E-state index is 0.0345. The second-order valence-corrected chi connectivity index (χ2v) is 8.91. The van der Waals surface area contributed by atoms with E-state index in [-0.39, 0.29) is 7.92 Å². The molecule has 0 N–H and O–H groups in total. The Balaban J connectivity index is 4.43. The first kappa shape index (κ1) is 11.4. The molecule has 11 heavy (non-hydrogen) atoms. The van der Waals surface area contributed by atoms with E-state index in [2.05, 4.69) is 54.6 Å². The van der Waals surface area contributed by atoms with Crippen LogP contribution in [-0.4, -0.2) is 10.3 Å². The van der Waals surface area contributed by atoms with Crippen LogP contribution in [0.15, 0.2) is 0 Å². The molecule has 0 saturated heterocycles. The number of hydrogen-bond acceptors (Lipinski definition) is 0. The summed E-state index contributed by atoms with van der Waals surface area (Å²) < 4.78 is 0. The largest absolute Gasteiger partial charge is 0.0921 e. The molecule has 0 aliphatic carbocycles. The first-order valence-electron chi connectivity index (χ1n) is 4.28. The Morgan fingerprint density at radius 2 is 1.09 bits per heavy atom. The molecule has 0 spiro atoms. The monoisotopic (exact) mass is 173 g/mol. The highest BCUT2D eigenvalue weighted by molar-refractivity contribution is 7.62. The zero-order chi connectivity index (χ0) is 9.28. The Hall–Kier alpha value is 0.430. The Bertz CT molecular complexity index is 99.8. The molecule has 0 aromatic rings. The molecule has 0 aromatic heterocycles. The Morgan fingerprint density at radius 1 is 0.818 bits per heavy atom. The van der Waals surface area contributed by atoms with Crippen molar-refractivity contribution < 1.29 is 0 Å². The quantitative estimate of drug-likeness (QED) is 0.520. The molecular weight excluding hydrogens is 151 g/mol. The first-order valence-corrected chi connectivity index (χ1v) is 5.69. The van der Waals surface area contributed by atoms with Crippen LogP contribution in [-0.2, 0) is 0 Å². The van der Waals surface area contributed by atoms with Gasteiger partial charge < -0.3 is 0 Å². The summed E-state index contributed by atoms with van der Waals surface area (Å²) in [6, 6.07) is 0. The van der Waals surface area contributed by atoms with Crippen LogP contribution in [0.3, 0.4) is 0 Å². The molecule has 0 heterocycles. The van der Waals surface area contributed by atoms with Gasteiger partial charge in [-0.2, -0.15) is 0 Å². The molecule has 0 unspecified atom stereocenters. The fraction of sp³-hybridized carbons (Fsp3) is 0.900. The summed E-state index contributed by atoms with van der Waals surface area (Å²) >= 11 is 0. The summed E-state index contributed by atoms with van der Waals surface area (Å²) in [6.07, 6.45) is 2.40. The third-order valence-electron chi connectivity index (χ3n) is 1.70. The molecule has 0 aliphatic rings. The van der Waals surface area contributed by atoms with Crippen molar-refractivity contribution in [1.29, 1.82) is 0 Å². The first-order chi connectivity index (χ1) is 4.69. The van der Waals surface area contributed by atoms with Crippen molar-refractivity contribution in [2.45, 2.75) is 58.8 Å². The molecule has 0 bridgehead atoms. The third-order valence-corrected chi connectivity index (χ3v) is 5.11. The highest BCUT2D eigenvalue weighted by Gasteiger charge is 2.32. The van der Waals surface area contributed by atoms with E-state index in [9.17, 15) is 0 Å². The van der Waals surface area contributed by atoms with Crippen molar-refractivity contribution in [3.8, 4) is 0 Å². The minimum atomic E-state index is 0.0345. The van der Waals surface area contributed by atoms with E-state index < -0.39 is 0 Å². The standard InChI is InChI=1S/C10H22P/c1-8-11(9(2,3)4)10(5,6)7/h8H,1-7H3. The maximum Gasteiger partial charge on any atom is -0.0163 e. The van der Waals surface area contributed by atoms with Crippen LogP contribution in [0.4, 0.5) is 0 Å². The molecule has 67 valence electrons. The van der Waals surface area contributed by atoms with Crippen molar-refractivity contribution >= 4 is 7.92 Å². The van der Waals surface area contributed by atoms with Gasteiger partial charge in [-0.1, -0.05) is 56.4 Å². The van der Waals surface area contributed by atoms with Gasteiger partial charge in [0.15, 0.2) is 0 Å². The molecule has 1 heteroatoms. The molecule has 0 fully saturated rings. The topological polar surface area (TPSA) is 0 Å². The van der Waals surface area contributed by atoms with E-state index in [1.807, 2.05) is 0 Å². The zero-order valence-corrected chi connectivity index (χ0v) is 9.92. The van der Waals surface area contributed by atoms with Gasteiger partial charge in [0.05, 0.1) is 0 Å². The predicted molar refractivity (Wildman–Crippen MR) is 56.4 cm³/mol. The van der Waals surface area contributed by atoms with Gasteiger partial charge in [0, 0.05) is 0 Å². The lowest BCUT2D eigenvalue weighted by molar-refractivity contribution is 0.710. The van der Waals surface area contributed by atoms with Crippen LogP contribution in [0.2, 0.25) is 0 Å². The molecule has 0 atom stereocenters. The molecule has 0 aliphatic heterocycles. The SMILES string of the molecule is C[CH]P(C(C)(C)C)C(C)(C)C. The van der Waals surface area contributed by atoms with Gasteiger partial charge in [0.25, 0.3) is 0 Å². The van der Waals surface area contributed by atoms with E-state index in [1.54, 1.807) is 0 Å². The van der Waals surface area contributed by atoms with Gasteiger partial charge in [-0.05, 0) is 16.5 Å². The van der Waals surface area contributed by atoms with Gasteiger partial charge in [-0.25, -0.2) is 0 Å². The van der Waals surface area contributed by atoms with Gasteiger partial charge in [-0.15, -0.1) is 0 Å². The van der Waals surface area contributed by atoms with E-state index in [4.69, 9.17) is 0 Å². The molecule has 0 aromatic carbocycles. The summed E-state index contributed by atoms with van der Waals surface area (Å²) in [7, 11) is 0.0345. The number of rotatable bonds is 1. The maximum atomic E-state index is 2.40. The second kappa shape index (κ2) is 3.44. The lowest BCUT2D eigenvalue weighted by Gasteiger charge is -2.40. The molecule has 1 radical (unpaired) electrons. The Kier molecular flexibility index (Phi) is 3.57. The lowest BCUT2D eigenvalue weighted by Crippen LogP contribution is -2.24. The van der Waals surface area contributed by atoms with Crippen LogP contribution in [0, 0.1) is 6.16 Å². The van der Waals surface area contributed by atoms with Crippen molar-refractivity contribution in [3.05, 3.63) is 6.16 Å². The normalized spacial score (nSPS) is 14.2. The van der Waals surface area contributed by atoms with Crippen molar-refractivity contribution in [1.82, 2.24) is 0 Å². The minimum Gasteiger partial charge on any atom is -0.0921 e. The third kappa shape index (κ3) is 3.56. The molecular formula is C10H22P. The fourth-order valence-corrected chi connectivity index (χ4v) is 5.34. The van der Waals surface area contributed by atoms with Crippen LogP contribution >= 0.6 is 7.92 Å². The fourth-order valence-electron chi connectivity index (χ4n) is 1.78. The van der Waals surface area contributed by atoms with Crippen molar-refractivity contribution in [2.75, 3.05) is 0 Å². The smallest absolute Gasteiger partial charge is 0.0163 e. The van der Waals surface area contributed by atoms with Gasteiger partial charge >= 0.3 is 0 Å². The molecule has 0 rings (SSSR count). The van der Waals surface area contributed by atoms with Crippen molar-refractivity contribution in [2.24, 2.45) is 0 Å². The highest BCUT2D eigenvalue weighted by Crippen LogP contribution is 2.60. The van der Waals surface area contributed by atoms with Crippen LogP contribution in [0.5, 0.6) is 0 Å². The lowest BCUT2D eigenvalue weighted by atomic mass is 10.2. The van der Waals surface area contributed by atoms with E-state index >= 15 is 0 Å². The summed E-state index contributed by atoms with van der Waals surface area (Å²) in [5.41, 5.74) is 0. The maximum absolute atomic E-state index is 2.40. The average Bonchev–Trinajstić information content (AvgIpc) is 1.56. The van der Waals surface area contributed by atoms with Crippen LogP contribution in [0.1, 0.15) is 48.5 Å². The van der Waals surface area contributed by atoms with Crippen LogP contribution < -0.4 is 0 Å². The Labute approximate surface area is 73.5 Å². The predicted octanol–water partition coefficient (Wildman–Crippen LogP) is 4.25. The second-order valence-electron chi connectivity index (χ2n) is 4.97. The van der Waals surface area contributed by atoms with Gasteiger partial charge in [0.2, 0.25) is 0 Å². The van der Waals surface area contributed by atoms with E-state index in [0.29, 0.717) is 10.3 Å². The summed E-state index contributed by atoms with van der Waals surface area (Å²) in [5, 5.41) is 0.921. The van der Waals surface area contributed by atoms with Gasteiger partial charge in [-0.3, -0.25) is 0 Å². The molecule has 0 nitrogen and oxygen atoms in total. The van der Waals surface area contributed by atoms with E-state index in [1.165, 1.54) is 0 Å². The zero-order valence-electron chi connectivity index (χ0n) is 9.02. The molecule has 0 saturated carbocycles. The average molecular weight is 173 g/mol. The Morgan fingerprint density at radius 3 is 1.09 bits per heavy atom. The highest BCUT2D eigenvalue weighted by atomic mass is 31.1. The van der Waals surface area contributed by atoms with Crippen molar-refractivity contribution in [3.63, 3.8) is 0 Å². The summed E-state index contributed by atoms with van der Waals surface area (Å²) in [6.45, 7) is 16.2. The number of hydrogen-bond donors (Lipinski definition) is 0. The van der Waals surface area contributed by atoms with Crippen LogP contribution in [0.25, 0.3) is 0 Å². The van der Waals surface area contributed by atoms with E-state index in [0.717, 1.165) is 0 Å². The van der Waals surface area contributed by atoms with Gasteiger partial charge in [0.1, 0.15) is 0 Å². The summed E-state index contributed by atoms with van der Waals surface area (Å²) in [4.78, 5) is 0.